The monoisotopic (exact) mass is 336 g/mol. The van der Waals surface area contributed by atoms with E-state index in [0.717, 1.165) is 4.68 Å². The van der Waals surface area contributed by atoms with Crippen LogP contribution in [0.3, 0.4) is 0 Å². The zero-order valence-electron chi connectivity index (χ0n) is 9.84. The van der Waals surface area contributed by atoms with Crippen LogP contribution in [0.15, 0.2) is 15.3 Å². The van der Waals surface area contributed by atoms with Crippen LogP contribution in [-0.4, -0.2) is 19.7 Å². The van der Waals surface area contributed by atoms with Crippen LogP contribution < -0.4 is 5.56 Å². The van der Waals surface area contributed by atoms with E-state index >= 15 is 0 Å². The molecule has 0 fully saturated rings. The number of rotatable bonds is 1. The molecule has 0 saturated heterocycles. The van der Waals surface area contributed by atoms with Crippen molar-refractivity contribution in [2.45, 2.75) is 20.0 Å². The number of aromatic nitrogens is 4. The number of aromatic amines is 1. The molecule has 0 saturated carbocycles. The van der Waals surface area contributed by atoms with Gasteiger partial charge in [0.2, 0.25) is 5.95 Å². The summed E-state index contributed by atoms with van der Waals surface area (Å²) in [5, 5.41) is 4.01. The Kier molecular flexibility index (Phi) is 3.25. The van der Waals surface area contributed by atoms with E-state index in [4.69, 9.17) is 0 Å². The van der Waals surface area contributed by atoms with Gasteiger partial charge in [0.15, 0.2) is 5.69 Å². The summed E-state index contributed by atoms with van der Waals surface area (Å²) >= 11 is 3.25. The molecule has 2 aromatic heterocycles. The van der Waals surface area contributed by atoms with Crippen LogP contribution in [-0.2, 0) is 6.18 Å². The molecule has 0 spiro atoms. The molecule has 0 bridgehead atoms. The minimum Gasteiger partial charge on any atom is -0.291 e. The van der Waals surface area contributed by atoms with Gasteiger partial charge in [-0.25, -0.2) is 9.67 Å². The van der Waals surface area contributed by atoms with Crippen LogP contribution in [0.2, 0.25) is 0 Å². The molecule has 1 N–H and O–H groups in total. The second-order valence-corrected chi connectivity index (χ2v) is 4.64. The predicted octanol–water partition coefficient (Wildman–Crippen LogP) is 2.35. The fourth-order valence-electron chi connectivity index (χ4n) is 1.52. The van der Waals surface area contributed by atoms with E-state index in [2.05, 4.69) is 31.0 Å². The van der Waals surface area contributed by atoms with Gasteiger partial charge in [0, 0.05) is 6.07 Å². The molecular weight excluding hydrogens is 329 g/mol. The fraction of sp³-hybridized carbons (Fsp3) is 0.300. The van der Waals surface area contributed by atoms with Crippen molar-refractivity contribution in [3.63, 3.8) is 0 Å². The Morgan fingerprint density at radius 1 is 1.37 bits per heavy atom. The van der Waals surface area contributed by atoms with Crippen LogP contribution in [0.5, 0.6) is 0 Å². The van der Waals surface area contributed by atoms with E-state index in [9.17, 15) is 18.0 Å². The van der Waals surface area contributed by atoms with Gasteiger partial charge in [0.25, 0.3) is 5.56 Å². The highest BCUT2D eigenvalue weighted by molar-refractivity contribution is 9.10. The third-order valence-electron chi connectivity index (χ3n) is 2.42. The number of halogens is 4. The first-order valence-corrected chi connectivity index (χ1v) is 5.90. The van der Waals surface area contributed by atoms with Crippen molar-refractivity contribution < 1.29 is 13.2 Å². The number of alkyl halides is 3. The Labute approximate surface area is 113 Å². The number of hydrogen-bond acceptors (Lipinski definition) is 3. The normalized spacial score (nSPS) is 11.9. The lowest BCUT2D eigenvalue weighted by molar-refractivity contribution is -0.141. The summed E-state index contributed by atoms with van der Waals surface area (Å²) in [6, 6.07) is 0.407. The second kappa shape index (κ2) is 4.48. The van der Waals surface area contributed by atoms with Crippen molar-refractivity contribution in [3.8, 4) is 5.95 Å². The van der Waals surface area contributed by atoms with Crippen molar-refractivity contribution in [3.05, 3.63) is 38.0 Å². The van der Waals surface area contributed by atoms with Crippen molar-refractivity contribution in [1.82, 2.24) is 19.7 Å². The number of H-pyrrole nitrogens is 1. The molecule has 0 unspecified atom stereocenters. The summed E-state index contributed by atoms with van der Waals surface area (Å²) in [5.74, 6) is -0.272. The molecule has 0 aliphatic rings. The topological polar surface area (TPSA) is 63.6 Å². The summed E-state index contributed by atoms with van der Waals surface area (Å²) in [4.78, 5) is 16.9. The highest BCUT2D eigenvalue weighted by Crippen LogP contribution is 2.27. The van der Waals surface area contributed by atoms with E-state index in [1.807, 2.05) is 0 Å². The minimum absolute atomic E-state index is 0.272. The third kappa shape index (κ3) is 2.55. The van der Waals surface area contributed by atoms with Gasteiger partial charge in [0.05, 0.1) is 15.9 Å². The molecule has 19 heavy (non-hydrogen) atoms. The number of nitrogens with zero attached hydrogens (tertiary/aromatic N) is 3. The molecule has 0 aliphatic carbocycles. The average molecular weight is 337 g/mol. The molecule has 2 aromatic rings. The summed E-state index contributed by atoms with van der Waals surface area (Å²) in [6.45, 7) is 3.32. The van der Waals surface area contributed by atoms with Crippen molar-refractivity contribution in [2.75, 3.05) is 0 Å². The van der Waals surface area contributed by atoms with Gasteiger partial charge in [-0.15, -0.1) is 0 Å². The number of aryl methyl sites for hydroxylation is 1. The van der Waals surface area contributed by atoms with Gasteiger partial charge in [-0.1, -0.05) is 0 Å². The van der Waals surface area contributed by atoms with Crippen LogP contribution >= 0.6 is 15.9 Å². The van der Waals surface area contributed by atoms with Gasteiger partial charge >= 0.3 is 6.18 Å². The Morgan fingerprint density at radius 3 is 2.47 bits per heavy atom. The Hall–Kier alpha value is -1.64. The highest BCUT2D eigenvalue weighted by Gasteiger charge is 2.33. The lowest BCUT2D eigenvalue weighted by atomic mass is 10.4. The van der Waals surface area contributed by atoms with E-state index in [1.54, 1.807) is 13.8 Å². The smallest absolute Gasteiger partial charge is 0.291 e. The fourth-order valence-corrected chi connectivity index (χ4v) is 1.77. The maximum atomic E-state index is 12.6. The van der Waals surface area contributed by atoms with Crippen molar-refractivity contribution >= 4 is 15.9 Å². The van der Waals surface area contributed by atoms with Gasteiger partial charge in [-0.2, -0.15) is 18.3 Å². The average Bonchev–Trinajstić information content (AvgIpc) is 2.55. The zero-order valence-corrected chi connectivity index (χ0v) is 11.4. The largest absolute Gasteiger partial charge is 0.433 e. The molecule has 102 valence electrons. The van der Waals surface area contributed by atoms with Gasteiger partial charge in [0.1, 0.15) is 0 Å². The standard InChI is InChI=1S/C10H8BrF3N4O/c1-4-8(11)5(2)18(17-4)9-15-6(10(12,13)14)3-7(19)16-9/h3H,1-2H3,(H,15,16,19). The quantitative estimate of drug-likeness (QED) is 0.869. The van der Waals surface area contributed by atoms with Gasteiger partial charge in [-0.3, -0.25) is 9.78 Å². The lowest BCUT2D eigenvalue weighted by Crippen LogP contribution is -2.20. The molecular formula is C10H8BrF3N4O. The molecule has 2 heterocycles. The van der Waals surface area contributed by atoms with Gasteiger partial charge in [-0.05, 0) is 29.8 Å². The molecule has 0 atom stereocenters. The van der Waals surface area contributed by atoms with Crippen LogP contribution in [0.4, 0.5) is 13.2 Å². The van der Waals surface area contributed by atoms with Crippen LogP contribution in [0.25, 0.3) is 5.95 Å². The minimum atomic E-state index is -4.68. The Morgan fingerprint density at radius 2 is 2.00 bits per heavy atom. The summed E-state index contributed by atoms with van der Waals surface area (Å²) in [5.41, 5.74) is -1.02. The number of nitrogens with one attached hydrogen (secondary N) is 1. The first-order chi connectivity index (χ1) is 8.70. The SMILES string of the molecule is Cc1nn(-c2nc(C(F)(F)F)cc(=O)[nH]2)c(C)c1Br. The first-order valence-electron chi connectivity index (χ1n) is 5.11. The molecule has 9 heteroatoms. The van der Waals surface area contributed by atoms with Crippen molar-refractivity contribution in [1.29, 1.82) is 0 Å². The van der Waals surface area contributed by atoms with E-state index in [0.29, 0.717) is 21.9 Å². The van der Waals surface area contributed by atoms with Crippen molar-refractivity contribution in [2.24, 2.45) is 0 Å². The molecule has 2 rings (SSSR count). The predicted molar refractivity (Wildman–Crippen MR) is 64.2 cm³/mol. The van der Waals surface area contributed by atoms with E-state index < -0.39 is 17.4 Å². The molecule has 0 radical (unpaired) electrons. The summed E-state index contributed by atoms with van der Waals surface area (Å²) in [6.07, 6.45) is -4.68. The molecule has 5 nitrogen and oxygen atoms in total. The molecule has 0 aliphatic heterocycles. The Bertz CT molecular complexity index is 689. The maximum absolute atomic E-state index is 12.6. The molecule has 0 aromatic carbocycles. The number of hydrogen-bond donors (Lipinski definition) is 1. The summed E-state index contributed by atoms with van der Waals surface area (Å²) < 4.78 is 39.6. The van der Waals surface area contributed by atoms with E-state index in [-0.39, 0.29) is 5.95 Å². The zero-order chi connectivity index (χ0) is 14.4. The van der Waals surface area contributed by atoms with Crippen LogP contribution in [0, 0.1) is 13.8 Å². The Balaban J connectivity index is 2.66. The third-order valence-corrected chi connectivity index (χ3v) is 3.57. The highest BCUT2D eigenvalue weighted by atomic mass is 79.9. The molecule has 0 amide bonds. The van der Waals surface area contributed by atoms with E-state index in [1.165, 1.54) is 0 Å². The second-order valence-electron chi connectivity index (χ2n) is 3.85. The lowest BCUT2D eigenvalue weighted by Gasteiger charge is -2.08. The van der Waals surface area contributed by atoms with Crippen LogP contribution in [0.1, 0.15) is 17.1 Å². The maximum Gasteiger partial charge on any atom is 0.433 e. The summed E-state index contributed by atoms with van der Waals surface area (Å²) in [7, 11) is 0. The first kappa shape index (κ1) is 13.8. The van der Waals surface area contributed by atoms with Gasteiger partial charge < -0.3 is 0 Å².